The maximum absolute atomic E-state index is 11.4. The van der Waals surface area contributed by atoms with Gasteiger partial charge in [0.15, 0.2) is 6.29 Å². The van der Waals surface area contributed by atoms with Crippen LogP contribution in [0.15, 0.2) is 48.7 Å². The van der Waals surface area contributed by atoms with Gasteiger partial charge in [0, 0.05) is 11.8 Å². The van der Waals surface area contributed by atoms with Crippen molar-refractivity contribution >= 4 is 29.5 Å². The topological polar surface area (TPSA) is 44.1 Å². The van der Waals surface area contributed by atoms with Crippen LogP contribution >= 0.6 is 23.2 Å². The normalized spacial score (nSPS) is 10.6. The summed E-state index contributed by atoms with van der Waals surface area (Å²) in [5, 5.41) is 5.52. The Morgan fingerprint density at radius 3 is 2.50 bits per heavy atom. The lowest BCUT2D eigenvalue weighted by Gasteiger charge is -2.04. The van der Waals surface area contributed by atoms with Crippen molar-refractivity contribution in [3.8, 4) is 17.0 Å². The molecule has 6 heteroatoms. The third kappa shape index (κ3) is 3.45. The number of benzene rings is 2. The second-order valence-electron chi connectivity index (χ2n) is 5.23. The number of hydrogen-bond donors (Lipinski definition) is 0. The number of carbonyl (C=O) groups is 1. The molecule has 0 aliphatic carbocycles. The summed E-state index contributed by atoms with van der Waals surface area (Å²) in [5.41, 5.74) is 2.96. The van der Waals surface area contributed by atoms with Gasteiger partial charge in [-0.25, -0.2) is 0 Å². The van der Waals surface area contributed by atoms with Crippen LogP contribution in [-0.2, 0) is 6.54 Å². The minimum atomic E-state index is 0.493. The van der Waals surface area contributed by atoms with Crippen LogP contribution in [-0.4, -0.2) is 23.2 Å². The van der Waals surface area contributed by atoms with Crippen molar-refractivity contribution in [3.05, 3.63) is 69.8 Å². The number of aromatic nitrogens is 2. The van der Waals surface area contributed by atoms with E-state index >= 15 is 0 Å². The first-order valence-corrected chi connectivity index (χ1v) is 7.97. The van der Waals surface area contributed by atoms with Gasteiger partial charge < -0.3 is 4.74 Å². The van der Waals surface area contributed by atoms with Crippen LogP contribution in [0.5, 0.6) is 5.75 Å². The SMILES string of the molecule is COc1ccc(-c2nn(Cc3ccc(Cl)c(Cl)c3)cc2C=O)cc1. The maximum atomic E-state index is 11.4. The van der Waals surface area contributed by atoms with E-state index in [1.54, 1.807) is 30.1 Å². The number of halogens is 2. The summed E-state index contributed by atoms with van der Waals surface area (Å²) in [6.07, 6.45) is 2.52. The van der Waals surface area contributed by atoms with Gasteiger partial charge in [-0.3, -0.25) is 9.48 Å². The lowest BCUT2D eigenvalue weighted by molar-refractivity contribution is 0.112. The number of aldehydes is 1. The zero-order chi connectivity index (χ0) is 17.1. The average molecular weight is 361 g/mol. The summed E-state index contributed by atoms with van der Waals surface area (Å²) < 4.78 is 6.86. The predicted octanol–water partition coefficient (Wildman–Crippen LogP) is 4.73. The number of methoxy groups -OCH3 is 1. The van der Waals surface area contributed by atoms with Crippen molar-refractivity contribution in [2.24, 2.45) is 0 Å². The van der Waals surface area contributed by atoms with E-state index in [1.165, 1.54) is 0 Å². The number of carbonyl (C=O) groups excluding carboxylic acids is 1. The van der Waals surface area contributed by atoms with Gasteiger partial charge >= 0.3 is 0 Å². The Hall–Kier alpha value is -2.30. The smallest absolute Gasteiger partial charge is 0.153 e. The third-order valence-corrected chi connectivity index (χ3v) is 4.35. The Labute approximate surface area is 149 Å². The molecule has 1 heterocycles. The van der Waals surface area contributed by atoms with Gasteiger partial charge in [-0.1, -0.05) is 29.3 Å². The number of nitrogens with zero attached hydrogens (tertiary/aromatic N) is 2. The molecule has 0 fully saturated rings. The lowest BCUT2D eigenvalue weighted by Crippen LogP contribution is -2.00. The van der Waals surface area contributed by atoms with Gasteiger partial charge in [0.1, 0.15) is 11.4 Å². The van der Waals surface area contributed by atoms with Crippen LogP contribution in [0, 0.1) is 0 Å². The Kier molecular flexibility index (Phi) is 4.88. The highest BCUT2D eigenvalue weighted by Gasteiger charge is 2.11. The summed E-state index contributed by atoms with van der Waals surface area (Å²) in [4.78, 5) is 11.4. The molecule has 4 nitrogen and oxygen atoms in total. The van der Waals surface area contributed by atoms with Crippen molar-refractivity contribution in [1.82, 2.24) is 9.78 Å². The first-order valence-electron chi connectivity index (χ1n) is 7.21. The highest BCUT2D eigenvalue weighted by molar-refractivity contribution is 6.42. The van der Waals surface area contributed by atoms with Crippen LogP contribution < -0.4 is 4.74 Å². The molecule has 0 bridgehead atoms. The monoisotopic (exact) mass is 360 g/mol. The predicted molar refractivity (Wildman–Crippen MR) is 95.2 cm³/mol. The fourth-order valence-electron chi connectivity index (χ4n) is 2.40. The summed E-state index contributed by atoms with van der Waals surface area (Å²) in [7, 11) is 1.61. The lowest BCUT2D eigenvalue weighted by atomic mass is 10.1. The van der Waals surface area contributed by atoms with Crippen molar-refractivity contribution in [1.29, 1.82) is 0 Å². The van der Waals surface area contributed by atoms with Crippen molar-refractivity contribution in [2.45, 2.75) is 6.54 Å². The molecule has 1 aromatic heterocycles. The zero-order valence-electron chi connectivity index (χ0n) is 12.9. The van der Waals surface area contributed by atoms with Gasteiger partial charge in [-0.05, 0) is 42.0 Å². The van der Waals surface area contributed by atoms with Crippen molar-refractivity contribution in [3.63, 3.8) is 0 Å². The fraction of sp³-hybridized carbons (Fsp3) is 0.111. The largest absolute Gasteiger partial charge is 0.497 e. The Balaban J connectivity index is 1.91. The summed E-state index contributed by atoms with van der Waals surface area (Å²) in [6, 6.07) is 12.8. The zero-order valence-corrected chi connectivity index (χ0v) is 14.4. The van der Waals surface area contributed by atoms with Crippen LogP contribution in [0.1, 0.15) is 15.9 Å². The molecule has 3 rings (SSSR count). The molecule has 0 aliphatic rings. The molecule has 0 radical (unpaired) electrons. The van der Waals surface area contributed by atoms with Crippen molar-refractivity contribution in [2.75, 3.05) is 7.11 Å². The highest BCUT2D eigenvalue weighted by atomic mass is 35.5. The van der Waals surface area contributed by atoms with Crippen LogP contribution in [0.4, 0.5) is 0 Å². The minimum Gasteiger partial charge on any atom is -0.497 e. The maximum Gasteiger partial charge on any atom is 0.153 e. The Morgan fingerprint density at radius 2 is 1.88 bits per heavy atom. The highest BCUT2D eigenvalue weighted by Crippen LogP contribution is 2.25. The molecule has 122 valence electrons. The van der Waals surface area contributed by atoms with E-state index in [0.29, 0.717) is 27.8 Å². The van der Waals surface area contributed by atoms with Crippen molar-refractivity contribution < 1.29 is 9.53 Å². The van der Waals surface area contributed by atoms with Gasteiger partial charge in [0.25, 0.3) is 0 Å². The van der Waals surface area contributed by atoms with E-state index in [0.717, 1.165) is 23.2 Å². The molecule has 0 aliphatic heterocycles. The van der Waals surface area contributed by atoms with E-state index in [-0.39, 0.29) is 0 Å². The summed E-state index contributed by atoms with van der Waals surface area (Å²) in [5.74, 6) is 0.752. The van der Waals surface area contributed by atoms with E-state index in [4.69, 9.17) is 27.9 Å². The average Bonchev–Trinajstić information content (AvgIpc) is 3.01. The molecular weight excluding hydrogens is 347 g/mol. The van der Waals surface area contributed by atoms with Gasteiger partial charge in [-0.15, -0.1) is 0 Å². The van der Waals surface area contributed by atoms with Gasteiger partial charge in [0.2, 0.25) is 0 Å². The van der Waals surface area contributed by atoms with Crippen LogP contribution in [0.2, 0.25) is 10.0 Å². The first-order chi connectivity index (χ1) is 11.6. The number of rotatable bonds is 5. The second kappa shape index (κ2) is 7.07. The number of hydrogen-bond acceptors (Lipinski definition) is 3. The van der Waals surface area contributed by atoms with E-state index in [2.05, 4.69) is 5.10 Å². The molecule has 0 N–H and O–H groups in total. The standard InChI is InChI=1S/C18H14Cl2N2O2/c1-24-15-5-3-13(4-6-15)18-14(11-23)10-22(21-18)9-12-2-7-16(19)17(20)8-12/h2-8,10-11H,9H2,1H3. The molecule has 0 amide bonds. The molecular formula is C18H14Cl2N2O2. The summed E-state index contributed by atoms with van der Waals surface area (Å²) in [6.45, 7) is 0.494. The minimum absolute atomic E-state index is 0.493. The van der Waals surface area contributed by atoms with Crippen LogP contribution in [0.3, 0.4) is 0 Å². The molecule has 0 saturated heterocycles. The molecule has 24 heavy (non-hydrogen) atoms. The molecule has 0 saturated carbocycles. The fourth-order valence-corrected chi connectivity index (χ4v) is 2.72. The number of ether oxygens (including phenoxy) is 1. The van der Waals surface area contributed by atoms with Crippen LogP contribution in [0.25, 0.3) is 11.3 Å². The summed E-state index contributed by atoms with van der Waals surface area (Å²) >= 11 is 12.0. The first kappa shape index (κ1) is 16.6. The van der Waals surface area contributed by atoms with E-state index in [1.807, 2.05) is 30.3 Å². The van der Waals surface area contributed by atoms with E-state index in [9.17, 15) is 4.79 Å². The third-order valence-electron chi connectivity index (χ3n) is 3.61. The van der Waals surface area contributed by atoms with Gasteiger partial charge in [0.05, 0.1) is 29.3 Å². The molecule has 3 aromatic rings. The molecule has 0 spiro atoms. The Morgan fingerprint density at radius 1 is 1.12 bits per heavy atom. The van der Waals surface area contributed by atoms with E-state index < -0.39 is 0 Å². The quantitative estimate of drug-likeness (QED) is 0.618. The molecule has 0 unspecified atom stereocenters. The second-order valence-corrected chi connectivity index (χ2v) is 6.04. The van der Waals surface area contributed by atoms with Gasteiger partial charge in [-0.2, -0.15) is 5.10 Å². The Bertz CT molecular complexity index is 873. The molecule has 0 atom stereocenters. The molecule has 2 aromatic carbocycles.